The molecule has 2 aromatic heterocycles. The topological polar surface area (TPSA) is 100 Å². The maximum atomic E-state index is 13.3. The second kappa shape index (κ2) is 11.5. The van der Waals surface area contributed by atoms with Gasteiger partial charge in [0.25, 0.3) is 11.8 Å². The molecule has 8 nitrogen and oxygen atoms in total. The first-order valence-corrected chi connectivity index (χ1v) is 12.7. The van der Waals surface area contributed by atoms with Crippen molar-refractivity contribution < 1.29 is 14.7 Å². The predicted molar refractivity (Wildman–Crippen MR) is 137 cm³/mol. The number of carbonyl (C=O) groups excluding carboxylic acids is 2. The van der Waals surface area contributed by atoms with Crippen LogP contribution in [0.15, 0.2) is 61.2 Å². The molecule has 1 aromatic carbocycles. The standard InChI is InChI=1S/C28H35N5O3/c1-3-28(36,23-8-5-4-6-9-23)27(35)33-17-12-22(13-18-33)25-24(11-10-21(2)31-25)26(34)30-14-7-16-32-19-15-29-20-32/h4-6,8-11,15,19-20,22,36H,3,7,12-14,16-18H2,1-2H3,(H,30,34). The number of amides is 2. The molecule has 0 radical (unpaired) electrons. The van der Waals surface area contributed by atoms with Gasteiger partial charge in [0, 0.05) is 50.2 Å². The van der Waals surface area contributed by atoms with Gasteiger partial charge in [-0.15, -0.1) is 0 Å². The number of imidazole rings is 1. The number of aromatic nitrogens is 3. The van der Waals surface area contributed by atoms with Crippen LogP contribution in [0.25, 0.3) is 0 Å². The summed E-state index contributed by atoms with van der Waals surface area (Å²) in [5, 5.41) is 14.3. The SMILES string of the molecule is CCC(O)(C(=O)N1CCC(c2nc(C)ccc2C(=O)NCCCn2ccnc2)CC1)c1ccccc1. The van der Waals surface area contributed by atoms with E-state index >= 15 is 0 Å². The van der Waals surface area contributed by atoms with Gasteiger partial charge in [-0.1, -0.05) is 37.3 Å². The molecule has 36 heavy (non-hydrogen) atoms. The number of aryl methyl sites for hydroxylation is 2. The third-order valence-electron chi connectivity index (χ3n) is 7.03. The van der Waals surface area contributed by atoms with E-state index in [1.165, 1.54) is 0 Å². The van der Waals surface area contributed by atoms with Crippen LogP contribution in [-0.2, 0) is 16.9 Å². The monoisotopic (exact) mass is 489 g/mol. The Kier molecular flexibility index (Phi) is 8.15. The van der Waals surface area contributed by atoms with E-state index in [4.69, 9.17) is 4.98 Å². The molecule has 0 aliphatic carbocycles. The lowest BCUT2D eigenvalue weighted by Crippen LogP contribution is -2.49. The average Bonchev–Trinajstić information content (AvgIpc) is 3.44. The molecule has 1 aliphatic heterocycles. The molecule has 0 spiro atoms. The Bertz CT molecular complexity index is 1160. The number of nitrogens with one attached hydrogen (secondary N) is 1. The molecule has 3 heterocycles. The molecule has 1 aliphatic rings. The minimum absolute atomic E-state index is 0.0760. The Morgan fingerprint density at radius 1 is 1.14 bits per heavy atom. The third-order valence-corrected chi connectivity index (χ3v) is 7.03. The Morgan fingerprint density at radius 3 is 2.56 bits per heavy atom. The number of likely N-dealkylation sites (tertiary alicyclic amines) is 1. The van der Waals surface area contributed by atoms with Crippen molar-refractivity contribution >= 4 is 11.8 Å². The first-order valence-electron chi connectivity index (χ1n) is 12.7. The van der Waals surface area contributed by atoms with Gasteiger partial charge in [0.1, 0.15) is 0 Å². The summed E-state index contributed by atoms with van der Waals surface area (Å²) in [6.45, 7) is 6.14. The molecule has 3 aromatic rings. The highest BCUT2D eigenvalue weighted by molar-refractivity contribution is 5.95. The second-order valence-corrected chi connectivity index (χ2v) is 9.44. The van der Waals surface area contributed by atoms with Crippen LogP contribution in [0.5, 0.6) is 0 Å². The summed E-state index contributed by atoms with van der Waals surface area (Å²) in [7, 11) is 0. The van der Waals surface area contributed by atoms with E-state index in [9.17, 15) is 14.7 Å². The number of piperidine rings is 1. The Hall–Kier alpha value is -3.52. The summed E-state index contributed by atoms with van der Waals surface area (Å²) in [5.74, 6) is -0.305. The lowest BCUT2D eigenvalue weighted by atomic mass is 9.86. The number of hydrogen-bond donors (Lipinski definition) is 2. The van der Waals surface area contributed by atoms with Crippen molar-refractivity contribution in [3.63, 3.8) is 0 Å². The van der Waals surface area contributed by atoms with Gasteiger partial charge in [-0.2, -0.15) is 0 Å². The van der Waals surface area contributed by atoms with Crippen molar-refractivity contribution in [1.82, 2.24) is 24.8 Å². The first-order chi connectivity index (χ1) is 17.4. The fourth-order valence-corrected chi connectivity index (χ4v) is 4.87. The van der Waals surface area contributed by atoms with Crippen LogP contribution >= 0.6 is 0 Å². The van der Waals surface area contributed by atoms with Crippen molar-refractivity contribution in [2.45, 2.75) is 57.6 Å². The normalized spacial score (nSPS) is 15.9. The van der Waals surface area contributed by atoms with Gasteiger partial charge < -0.3 is 19.9 Å². The summed E-state index contributed by atoms with van der Waals surface area (Å²) >= 11 is 0. The number of hydrogen-bond acceptors (Lipinski definition) is 5. The maximum absolute atomic E-state index is 13.3. The fraction of sp³-hybridized carbons (Fsp3) is 0.429. The van der Waals surface area contributed by atoms with Crippen LogP contribution in [0.2, 0.25) is 0 Å². The lowest BCUT2D eigenvalue weighted by Gasteiger charge is -2.37. The summed E-state index contributed by atoms with van der Waals surface area (Å²) in [5.41, 5.74) is 1.35. The average molecular weight is 490 g/mol. The lowest BCUT2D eigenvalue weighted by molar-refractivity contribution is -0.154. The predicted octanol–water partition coefficient (Wildman–Crippen LogP) is 3.41. The van der Waals surface area contributed by atoms with Crippen LogP contribution in [0.1, 0.15) is 65.8 Å². The van der Waals surface area contributed by atoms with Gasteiger partial charge in [0.2, 0.25) is 0 Å². The highest BCUT2D eigenvalue weighted by Gasteiger charge is 2.40. The molecule has 1 fully saturated rings. The van der Waals surface area contributed by atoms with Gasteiger partial charge in [-0.3, -0.25) is 14.6 Å². The van der Waals surface area contributed by atoms with Crippen LogP contribution < -0.4 is 5.32 Å². The summed E-state index contributed by atoms with van der Waals surface area (Å²) in [6.07, 6.45) is 7.91. The van der Waals surface area contributed by atoms with Crippen molar-refractivity contribution in [3.8, 4) is 0 Å². The largest absolute Gasteiger partial charge is 0.375 e. The van der Waals surface area contributed by atoms with Gasteiger partial charge in [-0.05, 0) is 50.3 Å². The zero-order chi connectivity index (χ0) is 25.5. The molecular weight excluding hydrogens is 454 g/mol. The molecule has 2 amide bonds. The smallest absolute Gasteiger partial charge is 0.259 e. The van der Waals surface area contributed by atoms with Crippen LogP contribution in [0.3, 0.4) is 0 Å². The number of nitrogens with zero attached hydrogens (tertiary/aromatic N) is 4. The number of carbonyl (C=O) groups is 2. The number of benzene rings is 1. The minimum Gasteiger partial charge on any atom is -0.375 e. The zero-order valence-corrected chi connectivity index (χ0v) is 21.1. The molecule has 8 heteroatoms. The second-order valence-electron chi connectivity index (χ2n) is 9.44. The van der Waals surface area contributed by atoms with E-state index in [0.717, 1.165) is 24.4 Å². The van der Waals surface area contributed by atoms with Crippen molar-refractivity contribution in [3.05, 3.63) is 83.7 Å². The Labute approximate surface area is 212 Å². The van der Waals surface area contributed by atoms with Crippen molar-refractivity contribution in [2.24, 2.45) is 0 Å². The molecule has 0 bridgehead atoms. The van der Waals surface area contributed by atoms with E-state index in [1.807, 2.05) is 54.9 Å². The Morgan fingerprint density at radius 2 is 1.89 bits per heavy atom. The fourth-order valence-electron chi connectivity index (χ4n) is 4.87. The van der Waals surface area contributed by atoms with E-state index in [0.29, 0.717) is 50.0 Å². The van der Waals surface area contributed by atoms with Crippen LogP contribution in [0, 0.1) is 6.92 Å². The minimum atomic E-state index is -1.53. The number of pyridine rings is 1. The highest BCUT2D eigenvalue weighted by atomic mass is 16.3. The maximum Gasteiger partial charge on any atom is 0.259 e. The molecule has 1 saturated heterocycles. The molecule has 4 rings (SSSR count). The van der Waals surface area contributed by atoms with E-state index < -0.39 is 5.60 Å². The van der Waals surface area contributed by atoms with E-state index in [2.05, 4.69) is 10.3 Å². The van der Waals surface area contributed by atoms with E-state index in [1.54, 1.807) is 29.6 Å². The molecular formula is C28H35N5O3. The summed E-state index contributed by atoms with van der Waals surface area (Å²) in [6, 6.07) is 12.9. The molecule has 190 valence electrons. The molecule has 2 N–H and O–H groups in total. The van der Waals surface area contributed by atoms with Crippen molar-refractivity contribution in [2.75, 3.05) is 19.6 Å². The molecule has 1 atom stereocenters. The number of rotatable bonds is 9. The summed E-state index contributed by atoms with van der Waals surface area (Å²) in [4.78, 5) is 36.9. The summed E-state index contributed by atoms with van der Waals surface area (Å²) < 4.78 is 1.98. The third kappa shape index (κ3) is 5.65. The Balaban J connectivity index is 1.39. The van der Waals surface area contributed by atoms with Gasteiger partial charge in [-0.25, -0.2) is 4.98 Å². The van der Waals surface area contributed by atoms with Gasteiger partial charge in [0.05, 0.1) is 17.6 Å². The zero-order valence-electron chi connectivity index (χ0n) is 21.1. The van der Waals surface area contributed by atoms with Gasteiger partial charge >= 0.3 is 0 Å². The van der Waals surface area contributed by atoms with E-state index in [-0.39, 0.29) is 17.7 Å². The van der Waals surface area contributed by atoms with Crippen LogP contribution in [0.4, 0.5) is 0 Å². The highest BCUT2D eigenvalue weighted by Crippen LogP contribution is 2.33. The molecule has 1 unspecified atom stereocenters. The van der Waals surface area contributed by atoms with Crippen LogP contribution in [-0.4, -0.2) is 56.0 Å². The first kappa shape index (κ1) is 25.6. The van der Waals surface area contributed by atoms with Crippen molar-refractivity contribution in [1.29, 1.82) is 0 Å². The number of aliphatic hydroxyl groups is 1. The molecule has 0 saturated carbocycles. The van der Waals surface area contributed by atoms with Gasteiger partial charge in [0.15, 0.2) is 5.60 Å². The quantitative estimate of drug-likeness (QED) is 0.449.